The summed E-state index contributed by atoms with van der Waals surface area (Å²) < 4.78 is 1.92. The minimum absolute atomic E-state index is 1.04. The number of nitrogens with zero attached hydrogens (tertiary/aromatic N) is 2. The number of thioether (sulfide) groups is 1. The molecular formula is C8H14N2S. The van der Waals surface area contributed by atoms with E-state index in [1.807, 2.05) is 23.5 Å². The highest BCUT2D eigenvalue weighted by molar-refractivity contribution is 7.98. The van der Waals surface area contributed by atoms with Gasteiger partial charge in [0, 0.05) is 18.5 Å². The fraction of sp³-hybridized carbons (Fsp3) is 0.625. The minimum atomic E-state index is 1.04. The topological polar surface area (TPSA) is 17.8 Å². The molecule has 0 aliphatic heterocycles. The van der Waals surface area contributed by atoms with Crippen molar-refractivity contribution >= 4 is 11.8 Å². The van der Waals surface area contributed by atoms with Crippen LogP contribution in [0.1, 0.15) is 18.3 Å². The Morgan fingerprint density at radius 3 is 2.82 bits per heavy atom. The van der Waals surface area contributed by atoms with Crippen LogP contribution in [0, 0.1) is 6.92 Å². The third-order valence-corrected chi connectivity index (χ3v) is 2.53. The van der Waals surface area contributed by atoms with Crippen LogP contribution in [0.5, 0.6) is 0 Å². The Bertz CT molecular complexity index is 210. The highest BCUT2D eigenvalue weighted by Gasteiger charge is 1.99. The Balaban J connectivity index is 2.58. The van der Waals surface area contributed by atoms with E-state index in [2.05, 4.69) is 25.0 Å². The van der Waals surface area contributed by atoms with Crippen molar-refractivity contribution in [3.05, 3.63) is 17.5 Å². The third-order valence-electron chi connectivity index (χ3n) is 1.62. The van der Waals surface area contributed by atoms with Crippen molar-refractivity contribution in [1.29, 1.82) is 0 Å². The van der Waals surface area contributed by atoms with Gasteiger partial charge in [-0.15, -0.1) is 0 Å². The van der Waals surface area contributed by atoms with Gasteiger partial charge in [-0.2, -0.15) is 16.9 Å². The zero-order valence-corrected chi connectivity index (χ0v) is 8.11. The molecule has 0 unspecified atom stereocenters. The summed E-state index contributed by atoms with van der Waals surface area (Å²) in [6.07, 6.45) is 0. The first-order valence-corrected chi connectivity index (χ1v) is 4.96. The number of aromatic nitrogens is 2. The van der Waals surface area contributed by atoms with Gasteiger partial charge in [0.05, 0.1) is 5.69 Å². The molecule has 0 fully saturated rings. The molecule has 2 nitrogen and oxygen atoms in total. The van der Waals surface area contributed by atoms with Gasteiger partial charge in [0.25, 0.3) is 0 Å². The molecule has 1 aromatic rings. The molecule has 0 bridgehead atoms. The van der Waals surface area contributed by atoms with Crippen LogP contribution >= 0.6 is 11.8 Å². The first-order valence-electron chi connectivity index (χ1n) is 3.81. The average molecular weight is 170 g/mol. The van der Waals surface area contributed by atoms with Gasteiger partial charge in [-0.3, -0.25) is 4.68 Å². The molecule has 0 atom stereocenters. The van der Waals surface area contributed by atoms with E-state index in [4.69, 9.17) is 0 Å². The van der Waals surface area contributed by atoms with E-state index in [0.29, 0.717) is 0 Å². The quantitative estimate of drug-likeness (QED) is 0.690. The van der Waals surface area contributed by atoms with Crippen LogP contribution < -0.4 is 0 Å². The largest absolute Gasteiger partial charge is 0.273 e. The lowest BCUT2D eigenvalue weighted by Gasteiger charge is -1.91. The van der Waals surface area contributed by atoms with E-state index in [9.17, 15) is 0 Å². The second-order valence-corrected chi connectivity index (χ2v) is 3.81. The maximum Gasteiger partial charge on any atom is 0.0726 e. The maximum absolute atomic E-state index is 4.34. The van der Waals surface area contributed by atoms with Crippen molar-refractivity contribution in [2.75, 3.05) is 5.75 Å². The average Bonchev–Trinajstić information content (AvgIpc) is 2.28. The first kappa shape index (κ1) is 8.65. The molecule has 0 N–H and O–H groups in total. The van der Waals surface area contributed by atoms with Gasteiger partial charge in [-0.25, -0.2) is 0 Å². The molecule has 1 rings (SSSR count). The molecule has 1 aromatic heterocycles. The molecule has 0 aliphatic carbocycles. The van der Waals surface area contributed by atoms with Crippen molar-refractivity contribution in [2.45, 2.75) is 19.6 Å². The fourth-order valence-corrected chi connectivity index (χ4v) is 1.47. The van der Waals surface area contributed by atoms with Gasteiger partial charge in [-0.1, -0.05) is 6.92 Å². The summed E-state index contributed by atoms with van der Waals surface area (Å²) >= 11 is 1.91. The van der Waals surface area contributed by atoms with Crippen molar-refractivity contribution in [2.24, 2.45) is 7.05 Å². The summed E-state index contributed by atoms with van der Waals surface area (Å²) in [5, 5.41) is 4.34. The fourth-order valence-electron chi connectivity index (χ4n) is 0.912. The third kappa shape index (κ3) is 2.26. The monoisotopic (exact) mass is 170 g/mol. The van der Waals surface area contributed by atoms with E-state index >= 15 is 0 Å². The van der Waals surface area contributed by atoms with E-state index in [1.54, 1.807) is 0 Å². The van der Waals surface area contributed by atoms with Crippen molar-refractivity contribution in [3.63, 3.8) is 0 Å². The molecule has 3 heteroatoms. The molecule has 0 spiro atoms. The van der Waals surface area contributed by atoms with Crippen LogP contribution in [0.2, 0.25) is 0 Å². The summed E-state index contributed by atoms with van der Waals surface area (Å²) in [5.74, 6) is 2.20. The van der Waals surface area contributed by atoms with Gasteiger partial charge in [-0.05, 0) is 18.7 Å². The zero-order chi connectivity index (χ0) is 8.27. The lowest BCUT2D eigenvalue weighted by atomic mass is 10.4. The standard InChI is InChI=1S/C8H14N2S/c1-4-11-6-8-5-7(2)10(3)9-8/h5H,4,6H2,1-3H3. The van der Waals surface area contributed by atoms with Crippen LogP contribution in [-0.4, -0.2) is 15.5 Å². The van der Waals surface area contributed by atoms with Crippen molar-refractivity contribution in [3.8, 4) is 0 Å². The molecule has 0 radical (unpaired) electrons. The second kappa shape index (κ2) is 3.81. The van der Waals surface area contributed by atoms with Crippen molar-refractivity contribution < 1.29 is 0 Å². The zero-order valence-electron chi connectivity index (χ0n) is 7.29. The summed E-state index contributed by atoms with van der Waals surface area (Å²) in [6, 6.07) is 2.14. The second-order valence-electron chi connectivity index (χ2n) is 2.54. The Labute approximate surface area is 72.0 Å². The summed E-state index contributed by atoms with van der Waals surface area (Å²) in [4.78, 5) is 0. The predicted octanol–water partition coefficient (Wildman–Crippen LogP) is 1.98. The minimum Gasteiger partial charge on any atom is -0.273 e. The Kier molecular flexibility index (Phi) is 3.00. The molecule has 0 saturated carbocycles. The summed E-state index contributed by atoms with van der Waals surface area (Å²) in [7, 11) is 1.98. The molecule has 1 heterocycles. The lowest BCUT2D eigenvalue weighted by Crippen LogP contribution is -1.92. The molecule has 0 aromatic carbocycles. The van der Waals surface area contributed by atoms with Crippen LogP contribution in [0.4, 0.5) is 0 Å². The Hall–Kier alpha value is -0.440. The van der Waals surface area contributed by atoms with Gasteiger partial charge in [0.2, 0.25) is 0 Å². The number of rotatable bonds is 3. The normalized spacial score (nSPS) is 10.5. The molecule has 62 valence electrons. The van der Waals surface area contributed by atoms with Gasteiger partial charge >= 0.3 is 0 Å². The Morgan fingerprint density at radius 1 is 1.64 bits per heavy atom. The maximum atomic E-state index is 4.34. The smallest absolute Gasteiger partial charge is 0.0726 e. The van der Waals surface area contributed by atoms with Gasteiger partial charge in [0.1, 0.15) is 0 Å². The SMILES string of the molecule is CCSCc1cc(C)n(C)n1. The highest BCUT2D eigenvalue weighted by Crippen LogP contribution is 2.10. The predicted molar refractivity (Wildman–Crippen MR) is 49.8 cm³/mol. The molecule has 11 heavy (non-hydrogen) atoms. The first-order chi connectivity index (χ1) is 5.24. The summed E-state index contributed by atoms with van der Waals surface area (Å²) in [5.41, 5.74) is 2.42. The van der Waals surface area contributed by atoms with E-state index in [0.717, 1.165) is 11.5 Å². The van der Waals surface area contributed by atoms with Crippen LogP contribution in [0.3, 0.4) is 0 Å². The summed E-state index contributed by atoms with van der Waals surface area (Å²) in [6.45, 7) is 4.24. The van der Waals surface area contributed by atoms with Crippen molar-refractivity contribution in [1.82, 2.24) is 9.78 Å². The van der Waals surface area contributed by atoms with Crippen LogP contribution in [0.15, 0.2) is 6.07 Å². The molecule has 0 aliphatic rings. The van der Waals surface area contributed by atoms with Crippen LogP contribution in [0.25, 0.3) is 0 Å². The van der Waals surface area contributed by atoms with Gasteiger partial charge in [0.15, 0.2) is 0 Å². The van der Waals surface area contributed by atoms with Gasteiger partial charge < -0.3 is 0 Å². The number of hydrogen-bond donors (Lipinski definition) is 0. The molecule has 0 saturated heterocycles. The lowest BCUT2D eigenvalue weighted by molar-refractivity contribution is 0.730. The number of hydrogen-bond acceptors (Lipinski definition) is 2. The van der Waals surface area contributed by atoms with Crippen LogP contribution in [-0.2, 0) is 12.8 Å². The molecular weight excluding hydrogens is 156 g/mol. The highest BCUT2D eigenvalue weighted by atomic mass is 32.2. The van der Waals surface area contributed by atoms with E-state index in [-0.39, 0.29) is 0 Å². The molecule has 0 amide bonds. The Morgan fingerprint density at radius 2 is 2.36 bits per heavy atom. The number of aryl methyl sites for hydroxylation is 2. The van der Waals surface area contributed by atoms with E-state index in [1.165, 1.54) is 11.4 Å². The van der Waals surface area contributed by atoms with E-state index < -0.39 is 0 Å².